The van der Waals surface area contributed by atoms with Gasteiger partial charge in [-0.15, -0.1) is 0 Å². The number of benzene rings is 1. The molecule has 0 fully saturated rings. The number of rotatable bonds is 2. The van der Waals surface area contributed by atoms with Crippen LogP contribution in [0.25, 0.3) is 10.9 Å². The fourth-order valence-electron chi connectivity index (χ4n) is 1.34. The molecule has 1 heterocycles. The van der Waals surface area contributed by atoms with E-state index in [1.807, 2.05) is 13.0 Å². The highest BCUT2D eigenvalue weighted by Crippen LogP contribution is 2.25. The molecule has 1 N–H and O–H groups in total. The van der Waals surface area contributed by atoms with Crippen molar-refractivity contribution in [3.63, 3.8) is 0 Å². The van der Waals surface area contributed by atoms with Crippen LogP contribution in [0.4, 0.5) is 4.39 Å². The first-order valence-corrected chi connectivity index (χ1v) is 4.21. The van der Waals surface area contributed by atoms with Crippen LogP contribution in [0.5, 0.6) is 5.75 Å². The second-order valence-corrected chi connectivity index (χ2v) is 2.75. The molecular weight excluding hydrogens is 169 g/mol. The second kappa shape index (κ2) is 3.09. The summed E-state index contributed by atoms with van der Waals surface area (Å²) in [6.07, 6.45) is 1.71. The van der Waals surface area contributed by atoms with E-state index in [1.165, 1.54) is 0 Å². The van der Waals surface area contributed by atoms with Crippen LogP contribution in [-0.2, 0) is 0 Å². The lowest BCUT2D eigenvalue weighted by molar-refractivity contribution is 0.323. The summed E-state index contributed by atoms with van der Waals surface area (Å²) in [5, 5.41) is 0.575. The van der Waals surface area contributed by atoms with Gasteiger partial charge < -0.3 is 9.72 Å². The smallest absolute Gasteiger partial charge is 0.174 e. The van der Waals surface area contributed by atoms with Gasteiger partial charge in [0.15, 0.2) is 11.6 Å². The molecule has 0 saturated heterocycles. The Bertz CT molecular complexity index is 422. The molecule has 0 bridgehead atoms. The minimum Gasteiger partial charge on any atom is -0.491 e. The SMILES string of the molecule is CCOc1ccc2[nH]ccc2c1F. The topological polar surface area (TPSA) is 25.0 Å². The molecule has 0 aliphatic carbocycles. The van der Waals surface area contributed by atoms with E-state index in [0.29, 0.717) is 17.7 Å². The first-order valence-electron chi connectivity index (χ1n) is 4.21. The third kappa shape index (κ3) is 1.26. The van der Waals surface area contributed by atoms with Crippen molar-refractivity contribution in [1.82, 2.24) is 4.98 Å². The van der Waals surface area contributed by atoms with Gasteiger partial charge in [-0.2, -0.15) is 0 Å². The summed E-state index contributed by atoms with van der Waals surface area (Å²) >= 11 is 0. The molecule has 0 amide bonds. The molecule has 13 heavy (non-hydrogen) atoms. The molecule has 1 aromatic heterocycles. The number of H-pyrrole nitrogens is 1. The Morgan fingerprint density at radius 3 is 3.00 bits per heavy atom. The van der Waals surface area contributed by atoms with Gasteiger partial charge in [0.1, 0.15) is 0 Å². The molecule has 0 spiro atoms. The summed E-state index contributed by atoms with van der Waals surface area (Å²) in [5.41, 5.74) is 0.793. The van der Waals surface area contributed by atoms with E-state index in [-0.39, 0.29) is 5.82 Å². The quantitative estimate of drug-likeness (QED) is 0.753. The van der Waals surface area contributed by atoms with Gasteiger partial charge in [-0.3, -0.25) is 0 Å². The molecule has 2 rings (SSSR count). The lowest BCUT2D eigenvalue weighted by Gasteiger charge is -2.04. The zero-order valence-corrected chi connectivity index (χ0v) is 7.30. The van der Waals surface area contributed by atoms with Crippen molar-refractivity contribution < 1.29 is 9.13 Å². The van der Waals surface area contributed by atoms with Gasteiger partial charge in [0.2, 0.25) is 0 Å². The minimum absolute atomic E-state index is 0.291. The maximum atomic E-state index is 13.5. The Balaban J connectivity index is 2.59. The highest BCUT2D eigenvalue weighted by Gasteiger charge is 2.07. The first kappa shape index (κ1) is 8.10. The average Bonchev–Trinajstić information content (AvgIpc) is 2.58. The summed E-state index contributed by atoms with van der Waals surface area (Å²) in [6.45, 7) is 2.31. The van der Waals surface area contributed by atoms with Crippen LogP contribution in [0.1, 0.15) is 6.92 Å². The second-order valence-electron chi connectivity index (χ2n) is 2.75. The van der Waals surface area contributed by atoms with Crippen LogP contribution in [0, 0.1) is 5.82 Å². The molecule has 0 atom stereocenters. The van der Waals surface area contributed by atoms with Crippen LogP contribution in [0.15, 0.2) is 24.4 Å². The fraction of sp³-hybridized carbons (Fsp3) is 0.200. The van der Waals surface area contributed by atoms with Crippen LogP contribution in [-0.4, -0.2) is 11.6 Å². The van der Waals surface area contributed by atoms with E-state index >= 15 is 0 Å². The minimum atomic E-state index is -0.291. The largest absolute Gasteiger partial charge is 0.491 e. The molecule has 0 aliphatic heterocycles. The molecule has 68 valence electrons. The highest BCUT2D eigenvalue weighted by atomic mass is 19.1. The maximum absolute atomic E-state index is 13.5. The van der Waals surface area contributed by atoms with Gasteiger partial charge in [-0.05, 0) is 25.1 Å². The molecule has 2 aromatic rings. The standard InChI is InChI=1S/C10H10FNO/c1-2-13-9-4-3-8-7(10(9)11)5-6-12-8/h3-6,12H,2H2,1H3. The van der Waals surface area contributed by atoms with Crippen molar-refractivity contribution >= 4 is 10.9 Å². The third-order valence-corrected chi connectivity index (χ3v) is 1.93. The lowest BCUT2D eigenvalue weighted by Crippen LogP contribution is -1.94. The summed E-state index contributed by atoms with van der Waals surface area (Å²) in [6, 6.07) is 5.15. The summed E-state index contributed by atoms with van der Waals surface area (Å²) in [7, 11) is 0. The van der Waals surface area contributed by atoms with Crippen molar-refractivity contribution in [2.75, 3.05) is 6.61 Å². The van der Waals surface area contributed by atoms with Gasteiger partial charge in [0, 0.05) is 17.1 Å². The number of aromatic nitrogens is 1. The van der Waals surface area contributed by atoms with Crippen molar-refractivity contribution in [3.05, 3.63) is 30.2 Å². The predicted octanol–water partition coefficient (Wildman–Crippen LogP) is 2.71. The van der Waals surface area contributed by atoms with E-state index in [0.717, 1.165) is 5.52 Å². The maximum Gasteiger partial charge on any atom is 0.174 e. The number of halogens is 1. The lowest BCUT2D eigenvalue weighted by atomic mass is 10.2. The van der Waals surface area contributed by atoms with Crippen molar-refractivity contribution in [1.29, 1.82) is 0 Å². The Morgan fingerprint density at radius 1 is 1.38 bits per heavy atom. The monoisotopic (exact) mass is 179 g/mol. The molecule has 2 nitrogen and oxygen atoms in total. The Kier molecular flexibility index (Phi) is 1.93. The highest BCUT2D eigenvalue weighted by molar-refractivity contribution is 5.81. The molecule has 0 saturated carbocycles. The van der Waals surface area contributed by atoms with Crippen LogP contribution in [0.3, 0.4) is 0 Å². The van der Waals surface area contributed by atoms with Crippen molar-refractivity contribution in [2.24, 2.45) is 0 Å². The summed E-state index contributed by atoms with van der Waals surface area (Å²) in [5.74, 6) is 0.0233. The average molecular weight is 179 g/mol. The number of aromatic amines is 1. The number of hydrogen-bond acceptors (Lipinski definition) is 1. The molecule has 0 radical (unpaired) electrons. The molecule has 0 unspecified atom stereocenters. The predicted molar refractivity (Wildman–Crippen MR) is 49.4 cm³/mol. The van der Waals surface area contributed by atoms with E-state index in [1.54, 1.807) is 18.3 Å². The van der Waals surface area contributed by atoms with Gasteiger partial charge >= 0.3 is 0 Å². The van der Waals surface area contributed by atoms with E-state index in [2.05, 4.69) is 4.98 Å². The molecular formula is C10H10FNO. The Hall–Kier alpha value is -1.51. The molecule has 3 heteroatoms. The van der Waals surface area contributed by atoms with Crippen molar-refractivity contribution in [2.45, 2.75) is 6.92 Å². The van der Waals surface area contributed by atoms with E-state index in [9.17, 15) is 4.39 Å². The molecule has 1 aromatic carbocycles. The first-order chi connectivity index (χ1) is 6.33. The van der Waals surface area contributed by atoms with Gasteiger partial charge in [-0.1, -0.05) is 0 Å². The van der Waals surface area contributed by atoms with Gasteiger partial charge in [0.05, 0.1) is 6.61 Å². The number of hydrogen-bond donors (Lipinski definition) is 1. The number of nitrogens with one attached hydrogen (secondary N) is 1. The van der Waals surface area contributed by atoms with E-state index in [4.69, 9.17) is 4.74 Å². The van der Waals surface area contributed by atoms with Gasteiger partial charge in [0.25, 0.3) is 0 Å². The van der Waals surface area contributed by atoms with Crippen LogP contribution < -0.4 is 4.74 Å². The van der Waals surface area contributed by atoms with Gasteiger partial charge in [-0.25, -0.2) is 4.39 Å². The van der Waals surface area contributed by atoms with Crippen molar-refractivity contribution in [3.8, 4) is 5.75 Å². The number of fused-ring (bicyclic) bond motifs is 1. The number of ether oxygens (including phenoxy) is 1. The zero-order chi connectivity index (χ0) is 9.26. The Labute approximate surface area is 75.3 Å². The molecule has 0 aliphatic rings. The fourth-order valence-corrected chi connectivity index (χ4v) is 1.34. The summed E-state index contributed by atoms with van der Waals surface area (Å²) in [4.78, 5) is 2.93. The van der Waals surface area contributed by atoms with Crippen LogP contribution >= 0.6 is 0 Å². The normalized spacial score (nSPS) is 10.6. The zero-order valence-electron chi connectivity index (χ0n) is 7.30. The van der Waals surface area contributed by atoms with Crippen LogP contribution in [0.2, 0.25) is 0 Å². The third-order valence-electron chi connectivity index (χ3n) is 1.93. The Morgan fingerprint density at radius 2 is 2.23 bits per heavy atom. The van der Waals surface area contributed by atoms with E-state index < -0.39 is 0 Å². The summed E-state index contributed by atoms with van der Waals surface area (Å²) < 4.78 is 18.7.